The third-order valence-corrected chi connectivity index (χ3v) is 3.50. The Bertz CT molecular complexity index is 1020. The van der Waals surface area contributed by atoms with Crippen LogP contribution >= 0.6 is 17.0 Å². The van der Waals surface area contributed by atoms with E-state index in [-0.39, 0.29) is 34.7 Å². The van der Waals surface area contributed by atoms with E-state index in [1.54, 1.807) is 12.4 Å². The molecule has 0 fully saturated rings. The minimum absolute atomic E-state index is 0. The lowest BCUT2D eigenvalue weighted by atomic mass is 10.1. The Balaban J connectivity index is 0.00000225. The van der Waals surface area contributed by atoms with Crippen molar-refractivity contribution >= 4 is 33.7 Å². The summed E-state index contributed by atoms with van der Waals surface area (Å²) in [4.78, 5) is 42.2. The predicted octanol–water partition coefficient (Wildman–Crippen LogP) is 1.39. The molecule has 0 aliphatic carbocycles. The molecular weight excluding hydrogens is 394 g/mol. The normalized spacial score (nSPS) is 10.4. The standard InChI is InChI=1S/C15H13N5O4.BrH/c21-14-15(22)19-13-10(5-11(20(23)24)6-12(13)18-14)8-17-7-9-1-3-16-4-2-9;/h1-6,17H,7-8H2,(H,18,21)(H,19,22);1H. The van der Waals surface area contributed by atoms with Crippen molar-refractivity contribution in [2.45, 2.75) is 13.1 Å². The number of nitro benzene ring substituents is 1. The molecule has 2 aromatic heterocycles. The number of fused-ring (bicyclic) bond motifs is 1. The third-order valence-electron chi connectivity index (χ3n) is 3.50. The molecule has 2 heterocycles. The zero-order valence-corrected chi connectivity index (χ0v) is 14.5. The average Bonchev–Trinajstić information content (AvgIpc) is 2.57. The van der Waals surface area contributed by atoms with Gasteiger partial charge in [0.2, 0.25) is 0 Å². The van der Waals surface area contributed by atoms with Gasteiger partial charge in [0, 0.05) is 37.6 Å². The smallest absolute Gasteiger partial charge is 0.314 e. The number of non-ortho nitro benzene ring substituents is 1. The van der Waals surface area contributed by atoms with E-state index in [4.69, 9.17) is 0 Å². The van der Waals surface area contributed by atoms with Gasteiger partial charge < -0.3 is 15.3 Å². The van der Waals surface area contributed by atoms with Gasteiger partial charge in [0.05, 0.1) is 16.0 Å². The average molecular weight is 408 g/mol. The molecule has 0 saturated heterocycles. The minimum atomic E-state index is -0.848. The summed E-state index contributed by atoms with van der Waals surface area (Å²) in [6, 6.07) is 6.28. The lowest BCUT2D eigenvalue weighted by molar-refractivity contribution is -0.384. The molecule has 0 aliphatic heterocycles. The van der Waals surface area contributed by atoms with E-state index < -0.39 is 16.0 Å². The fraction of sp³-hybridized carbons (Fsp3) is 0.133. The SMILES string of the molecule is Br.O=c1[nH]c2cc([N+](=O)[O-])cc(CNCc3ccncc3)c2[nH]c1=O. The van der Waals surface area contributed by atoms with Gasteiger partial charge in [-0.3, -0.25) is 24.7 Å². The summed E-state index contributed by atoms with van der Waals surface area (Å²) in [5.41, 5.74) is 0.293. The van der Waals surface area contributed by atoms with E-state index in [1.807, 2.05) is 12.1 Å². The third kappa shape index (κ3) is 4.17. The van der Waals surface area contributed by atoms with Crippen LogP contribution in [0.5, 0.6) is 0 Å². The number of aromatic nitrogens is 3. The van der Waals surface area contributed by atoms with E-state index in [0.717, 1.165) is 5.56 Å². The van der Waals surface area contributed by atoms with Gasteiger partial charge in [-0.05, 0) is 23.3 Å². The van der Waals surface area contributed by atoms with Gasteiger partial charge in [-0.25, -0.2) is 0 Å². The monoisotopic (exact) mass is 407 g/mol. The Kier molecular flexibility index (Phi) is 5.78. The molecule has 130 valence electrons. The summed E-state index contributed by atoms with van der Waals surface area (Å²) in [5.74, 6) is 0. The Morgan fingerprint density at radius 2 is 1.76 bits per heavy atom. The fourth-order valence-electron chi connectivity index (χ4n) is 2.37. The maximum absolute atomic E-state index is 11.5. The summed E-state index contributed by atoms with van der Waals surface area (Å²) in [5, 5.41) is 14.2. The Labute approximate surface area is 151 Å². The molecule has 0 aliphatic rings. The Hall–Kier alpha value is -2.85. The molecule has 3 N–H and O–H groups in total. The maximum atomic E-state index is 11.5. The van der Waals surface area contributed by atoms with Gasteiger partial charge in [-0.15, -0.1) is 17.0 Å². The molecule has 25 heavy (non-hydrogen) atoms. The number of pyridine rings is 1. The van der Waals surface area contributed by atoms with Crippen LogP contribution in [0.25, 0.3) is 11.0 Å². The van der Waals surface area contributed by atoms with Crippen LogP contribution in [0.15, 0.2) is 46.2 Å². The summed E-state index contributed by atoms with van der Waals surface area (Å²) in [6.07, 6.45) is 3.34. The number of aromatic amines is 2. The number of rotatable bonds is 5. The minimum Gasteiger partial charge on any atom is -0.316 e. The van der Waals surface area contributed by atoms with Crippen molar-refractivity contribution in [1.29, 1.82) is 0 Å². The highest BCUT2D eigenvalue weighted by atomic mass is 79.9. The zero-order valence-electron chi connectivity index (χ0n) is 12.8. The molecule has 10 heteroatoms. The molecule has 0 unspecified atom stereocenters. The molecular formula is C15H14BrN5O4. The number of H-pyrrole nitrogens is 2. The van der Waals surface area contributed by atoms with Crippen molar-refractivity contribution < 1.29 is 4.92 Å². The van der Waals surface area contributed by atoms with Gasteiger partial charge in [-0.2, -0.15) is 0 Å². The quantitative estimate of drug-likeness (QED) is 0.332. The molecule has 0 saturated carbocycles. The molecule has 1 aromatic carbocycles. The number of nitro groups is 1. The molecule has 0 atom stereocenters. The summed E-state index contributed by atoms with van der Waals surface area (Å²) >= 11 is 0. The summed E-state index contributed by atoms with van der Waals surface area (Å²) in [6.45, 7) is 0.808. The van der Waals surface area contributed by atoms with Crippen LogP contribution in [-0.4, -0.2) is 19.9 Å². The van der Waals surface area contributed by atoms with Crippen LogP contribution < -0.4 is 16.4 Å². The second-order valence-electron chi connectivity index (χ2n) is 5.15. The Morgan fingerprint density at radius 1 is 1.08 bits per heavy atom. The molecule has 0 spiro atoms. The number of hydrogen-bond acceptors (Lipinski definition) is 6. The van der Waals surface area contributed by atoms with Crippen molar-refractivity contribution in [3.8, 4) is 0 Å². The highest BCUT2D eigenvalue weighted by Gasteiger charge is 2.13. The highest BCUT2D eigenvalue weighted by molar-refractivity contribution is 8.93. The van der Waals surface area contributed by atoms with Gasteiger partial charge >= 0.3 is 11.1 Å². The first-order chi connectivity index (χ1) is 11.5. The van der Waals surface area contributed by atoms with Crippen LogP contribution in [0.4, 0.5) is 5.69 Å². The largest absolute Gasteiger partial charge is 0.316 e. The molecule has 3 aromatic rings. The van der Waals surface area contributed by atoms with E-state index in [9.17, 15) is 19.7 Å². The molecule has 0 radical (unpaired) electrons. The second-order valence-corrected chi connectivity index (χ2v) is 5.15. The first-order valence-electron chi connectivity index (χ1n) is 7.08. The van der Waals surface area contributed by atoms with Gasteiger partial charge in [0.15, 0.2) is 0 Å². The maximum Gasteiger partial charge on any atom is 0.314 e. The topological polar surface area (TPSA) is 134 Å². The number of benzene rings is 1. The molecule has 9 nitrogen and oxygen atoms in total. The van der Waals surface area contributed by atoms with Crippen LogP contribution in [0.2, 0.25) is 0 Å². The van der Waals surface area contributed by atoms with Crippen molar-refractivity contribution in [1.82, 2.24) is 20.3 Å². The van der Waals surface area contributed by atoms with Crippen LogP contribution in [-0.2, 0) is 13.1 Å². The molecule has 0 amide bonds. The first kappa shape index (κ1) is 18.5. The molecule has 3 rings (SSSR count). The van der Waals surface area contributed by atoms with E-state index >= 15 is 0 Å². The zero-order chi connectivity index (χ0) is 17.1. The summed E-state index contributed by atoms with van der Waals surface area (Å²) < 4.78 is 0. The van der Waals surface area contributed by atoms with Crippen molar-refractivity contribution in [3.63, 3.8) is 0 Å². The predicted molar refractivity (Wildman–Crippen MR) is 96.9 cm³/mol. The lowest BCUT2D eigenvalue weighted by Gasteiger charge is -2.08. The van der Waals surface area contributed by atoms with Crippen LogP contribution in [0, 0.1) is 10.1 Å². The van der Waals surface area contributed by atoms with Gasteiger partial charge in [0.25, 0.3) is 5.69 Å². The van der Waals surface area contributed by atoms with E-state index in [0.29, 0.717) is 17.6 Å². The van der Waals surface area contributed by atoms with E-state index in [1.165, 1.54) is 12.1 Å². The van der Waals surface area contributed by atoms with Crippen molar-refractivity contribution in [3.05, 3.63) is 78.6 Å². The number of nitrogens with one attached hydrogen (secondary N) is 3. The van der Waals surface area contributed by atoms with Crippen molar-refractivity contribution in [2.75, 3.05) is 0 Å². The van der Waals surface area contributed by atoms with Gasteiger partial charge in [-0.1, -0.05) is 0 Å². The van der Waals surface area contributed by atoms with E-state index in [2.05, 4.69) is 20.3 Å². The first-order valence-corrected chi connectivity index (χ1v) is 7.08. The van der Waals surface area contributed by atoms with Gasteiger partial charge in [0.1, 0.15) is 0 Å². The number of halogens is 1. The van der Waals surface area contributed by atoms with Crippen molar-refractivity contribution in [2.24, 2.45) is 0 Å². The summed E-state index contributed by atoms with van der Waals surface area (Å²) in [7, 11) is 0. The lowest BCUT2D eigenvalue weighted by Crippen LogP contribution is -2.29. The number of hydrogen-bond donors (Lipinski definition) is 3. The fourth-order valence-corrected chi connectivity index (χ4v) is 2.37. The second kappa shape index (κ2) is 7.81. The molecule has 0 bridgehead atoms. The highest BCUT2D eigenvalue weighted by Crippen LogP contribution is 2.21. The van der Waals surface area contributed by atoms with Crippen LogP contribution in [0.1, 0.15) is 11.1 Å². The Morgan fingerprint density at radius 3 is 2.44 bits per heavy atom. The van der Waals surface area contributed by atoms with Crippen LogP contribution in [0.3, 0.4) is 0 Å². The number of nitrogens with zero attached hydrogens (tertiary/aromatic N) is 2.